The van der Waals surface area contributed by atoms with E-state index < -0.39 is 0 Å². The summed E-state index contributed by atoms with van der Waals surface area (Å²) in [6, 6.07) is 0. The Morgan fingerprint density at radius 1 is 0.310 bits per heavy atom. The van der Waals surface area contributed by atoms with E-state index in [0.717, 1.165) is 19.3 Å². The lowest BCUT2D eigenvalue weighted by molar-refractivity contribution is 0.282. The zero-order valence-electron chi connectivity index (χ0n) is 20.2. The molecule has 0 unspecified atom stereocenters. The molecule has 0 aromatic carbocycles. The molecule has 0 atom stereocenters. The lowest BCUT2D eigenvalue weighted by Crippen LogP contribution is -1.82. The Morgan fingerprint density at radius 3 is 0.655 bits per heavy atom. The second-order valence-electron chi connectivity index (χ2n) is 7.47. The molecule has 0 aliphatic rings. The molecule has 0 aliphatic carbocycles. The van der Waals surface area contributed by atoms with Crippen LogP contribution in [0.25, 0.3) is 0 Å². The molecule has 0 rings (SSSR count). The highest BCUT2D eigenvalue weighted by Gasteiger charge is 1.87. The summed E-state index contributed by atoms with van der Waals surface area (Å²) in [5.74, 6) is 0. The highest BCUT2D eigenvalue weighted by Crippen LogP contribution is 2.05. The van der Waals surface area contributed by atoms with Gasteiger partial charge in [0, 0.05) is 19.8 Å². The van der Waals surface area contributed by atoms with E-state index in [1.807, 2.05) is 0 Å². The first-order valence-electron chi connectivity index (χ1n) is 12.1. The SMILES string of the molecule is CCCCCCCCO.CCCCCCCCO.CCCCCCCCO.O.O. The van der Waals surface area contributed by atoms with Gasteiger partial charge < -0.3 is 26.3 Å². The van der Waals surface area contributed by atoms with Crippen LogP contribution in [0.5, 0.6) is 0 Å². The molecule has 29 heavy (non-hydrogen) atoms. The Balaban J connectivity index is -0.0000000960. The van der Waals surface area contributed by atoms with Crippen LogP contribution in [-0.2, 0) is 0 Å². The second-order valence-corrected chi connectivity index (χ2v) is 7.47. The van der Waals surface area contributed by atoms with Gasteiger partial charge in [0.2, 0.25) is 0 Å². The third-order valence-electron chi connectivity index (χ3n) is 4.54. The second kappa shape index (κ2) is 46.2. The molecule has 0 aromatic rings. The average Bonchev–Trinajstić information content (AvgIpc) is 2.69. The highest BCUT2D eigenvalue weighted by molar-refractivity contribution is 4.43. The van der Waals surface area contributed by atoms with Crippen molar-refractivity contribution in [3.8, 4) is 0 Å². The summed E-state index contributed by atoms with van der Waals surface area (Å²) in [5.41, 5.74) is 0. The summed E-state index contributed by atoms with van der Waals surface area (Å²) in [6.45, 7) is 7.74. The fourth-order valence-electron chi connectivity index (χ4n) is 2.68. The molecule has 0 aromatic heterocycles. The van der Waals surface area contributed by atoms with E-state index in [1.54, 1.807) is 0 Å². The van der Waals surface area contributed by atoms with Gasteiger partial charge in [-0.25, -0.2) is 0 Å². The standard InChI is InChI=1S/3C8H18O.2H2O/c3*1-2-3-4-5-6-7-8-9;;/h3*9H,2-8H2,1H3;2*1H2. The molecule has 5 nitrogen and oxygen atoms in total. The van der Waals surface area contributed by atoms with Crippen LogP contribution in [0.3, 0.4) is 0 Å². The first kappa shape index (κ1) is 39.3. The van der Waals surface area contributed by atoms with Crippen LogP contribution in [-0.4, -0.2) is 46.1 Å². The van der Waals surface area contributed by atoms with Crippen molar-refractivity contribution in [1.82, 2.24) is 0 Å². The minimum Gasteiger partial charge on any atom is -0.412 e. The summed E-state index contributed by atoms with van der Waals surface area (Å²) in [7, 11) is 0. The molecular formula is C24H58O5. The highest BCUT2D eigenvalue weighted by atomic mass is 16.3. The van der Waals surface area contributed by atoms with Crippen LogP contribution in [0.15, 0.2) is 0 Å². The van der Waals surface area contributed by atoms with E-state index >= 15 is 0 Å². The molecule has 0 saturated heterocycles. The van der Waals surface area contributed by atoms with Gasteiger partial charge in [0.25, 0.3) is 0 Å². The maximum absolute atomic E-state index is 8.42. The Kier molecular flexibility index (Phi) is 62.5. The normalized spacial score (nSPS) is 9.31. The fourth-order valence-corrected chi connectivity index (χ4v) is 2.68. The molecule has 0 fully saturated rings. The van der Waals surface area contributed by atoms with Gasteiger partial charge in [0.05, 0.1) is 0 Å². The van der Waals surface area contributed by atoms with Crippen molar-refractivity contribution in [3.63, 3.8) is 0 Å². The monoisotopic (exact) mass is 426 g/mol. The smallest absolute Gasteiger partial charge is 0.0431 e. The van der Waals surface area contributed by atoms with Gasteiger partial charge in [-0.05, 0) is 19.3 Å². The molecule has 0 radical (unpaired) electrons. The number of unbranched alkanes of at least 4 members (excludes halogenated alkanes) is 15. The van der Waals surface area contributed by atoms with Gasteiger partial charge in [-0.15, -0.1) is 0 Å². The molecule has 7 N–H and O–H groups in total. The molecule has 0 spiro atoms. The largest absolute Gasteiger partial charge is 0.412 e. The zero-order valence-corrected chi connectivity index (χ0v) is 20.2. The van der Waals surface area contributed by atoms with Crippen molar-refractivity contribution in [2.24, 2.45) is 0 Å². The van der Waals surface area contributed by atoms with Crippen LogP contribution in [0.4, 0.5) is 0 Å². The molecule has 0 aliphatic heterocycles. The van der Waals surface area contributed by atoms with Crippen molar-refractivity contribution < 1.29 is 26.3 Å². The zero-order chi connectivity index (χ0) is 20.8. The van der Waals surface area contributed by atoms with E-state index in [-0.39, 0.29) is 11.0 Å². The molecule has 0 heterocycles. The van der Waals surface area contributed by atoms with E-state index in [4.69, 9.17) is 15.3 Å². The predicted molar refractivity (Wildman–Crippen MR) is 129 cm³/mol. The van der Waals surface area contributed by atoms with Gasteiger partial charge in [-0.2, -0.15) is 0 Å². The maximum atomic E-state index is 8.42. The van der Waals surface area contributed by atoms with Crippen molar-refractivity contribution in [2.75, 3.05) is 19.8 Å². The van der Waals surface area contributed by atoms with Crippen molar-refractivity contribution >= 4 is 0 Å². The number of hydrogen-bond donors (Lipinski definition) is 3. The van der Waals surface area contributed by atoms with Gasteiger partial charge in [-0.1, -0.05) is 117 Å². The topological polar surface area (TPSA) is 124 Å². The number of aliphatic hydroxyl groups excluding tert-OH is 3. The maximum Gasteiger partial charge on any atom is 0.0431 e. The number of aliphatic hydroxyl groups is 3. The van der Waals surface area contributed by atoms with Crippen molar-refractivity contribution in [1.29, 1.82) is 0 Å². The molecule has 0 bridgehead atoms. The van der Waals surface area contributed by atoms with Crippen LogP contribution in [0, 0.1) is 0 Å². The van der Waals surface area contributed by atoms with Crippen LogP contribution in [0.2, 0.25) is 0 Å². The molecule has 0 saturated carbocycles. The van der Waals surface area contributed by atoms with Gasteiger partial charge in [0.1, 0.15) is 0 Å². The molecular weight excluding hydrogens is 368 g/mol. The minimum atomic E-state index is 0. The summed E-state index contributed by atoms with van der Waals surface area (Å²) >= 11 is 0. The number of hydrogen-bond acceptors (Lipinski definition) is 3. The van der Waals surface area contributed by atoms with Crippen LogP contribution < -0.4 is 0 Å². The van der Waals surface area contributed by atoms with Gasteiger partial charge in [-0.3, -0.25) is 0 Å². The van der Waals surface area contributed by atoms with Crippen molar-refractivity contribution in [3.05, 3.63) is 0 Å². The van der Waals surface area contributed by atoms with Crippen molar-refractivity contribution in [2.45, 2.75) is 136 Å². The summed E-state index contributed by atoms with van der Waals surface area (Å²) < 4.78 is 0. The van der Waals surface area contributed by atoms with Crippen LogP contribution >= 0.6 is 0 Å². The summed E-state index contributed by atoms with van der Waals surface area (Å²) in [6.07, 6.45) is 22.5. The van der Waals surface area contributed by atoms with Gasteiger partial charge >= 0.3 is 0 Å². The lowest BCUT2D eigenvalue weighted by Gasteiger charge is -1.95. The lowest BCUT2D eigenvalue weighted by atomic mass is 10.1. The van der Waals surface area contributed by atoms with Crippen LogP contribution in [0.1, 0.15) is 136 Å². The van der Waals surface area contributed by atoms with E-state index in [9.17, 15) is 0 Å². The Hall–Kier alpha value is -0.200. The molecule has 184 valence electrons. The van der Waals surface area contributed by atoms with E-state index in [2.05, 4.69) is 20.8 Å². The Morgan fingerprint density at radius 2 is 0.483 bits per heavy atom. The van der Waals surface area contributed by atoms with E-state index in [1.165, 1.54) is 96.3 Å². The molecule has 5 heteroatoms. The Bertz CT molecular complexity index is 152. The average molecular weight is 427 g/mol. The molecule has 0 amide bonds. The first-order chi connectivity index (χ1) is 13.2. The van der Waals surface area contributed by atoms with E-state index in [0.29, 0.717) is 19.8 Å². The minimum absolute atomic E-state index is 0. The summed E-state index contributed by atoms with van der Waals surface area (Å²) in [4.78, 5) is 0. The Labute approximate surface area is 182 Å². The predicted octanol–water partition coefficient (Wildman–Crippen LogP) is 5.37. The third-order valence-corrected chi connectivity index (χ3v) is 4.54. The summed E-state index contributed by atoms with van der Waals surface area (Å²) in [5, 5.41) is 25.3. The first-order valence-corrected chi connectivity index (χ1v) is 12.1. The fraction of sp³-hybridized carbons (Fsp3) is 1.00. The quantitative estimate of drug-likeness (QED) is 0.255. The number of rotatable bonds is 18. The van der Waals surface area contributed by atoms with Gasteiger partial charge in [0.15, 0.2) is 0 Å². The third kappa shape index (κ3) is 58.4.